The SMILES string of the molecule is CCc1noc(CCCC(=O)N2CCCN(C(=O)OCC(C)C)CC2)n1. The van der Waals surface area contributed by atoms with Crippen LogP contribution in [0.2, 0.25) is 0 Å². The third-order valence-electron chi connectivity index (χ3n) is 4.25. The van der Waals surface area contributed by atoms with Gasteiger partial charge in [-0.15, -0.1) is 0 Å². The Labute approximate surface area is 154 Å². The third-order valence-corrected chi connectivity index (χ3v) is 4.25. The van der Waals surface area contributed by atoms with Crippen LogP contribution in [0.3, 0.4) is 0 Å². The van der Waals surface area contributed by atoms with Crippen molar-refractivity contribution in [2.24, 2.45) is 5.92 Å². The lowest BCUT2D eigenvalue weighted by molar-refractivity contribution is -0.131. The maximum Gasteiger partial charge on any atom is 0.409 e. The Kier molecular flexibility index (Phi) is 7.87. The van der Waals surface area contributed by atoms with Crippen LogP contribution in [0, 0.1) is 5.92 Å². The number of hydrogen-bond donors (Lipinski definition) is 0. The fraction of sp³-hybridized carbons (Fsp3) is 0.778. The highest BCUT2D eigenvalue weighted by Crippen LogP contribution is 2.10. The second kappa shape index (κ2) is 10.1. The summed E-state index contributed by atoms with van der Waals surface area (Å²) in [5.74, 6) is 1.71. The molecule has 0 saturated carbocycles. The van der Waals surface area contributed by atoms with Crippen LogP contribution < -0.4 is 0 Å². The van der Waals surface area contributed by atoms with E-state index in [9.17, 15) is 9.59 Å². The zero-order chi connectivity index (χ0) is 18.9. The first kappa shape index (κ1) is 20.2. The molecule has 0 atom stereocenters. The highest BCUT2D eigenvalue weighted by Gasteiger charge is 2.23. The van der Waals surface area contributed by atoms with Gasteiger partial charge in [0.2, 0.25) is 11.8 Å². The number of aromatic nitrogens is 2. The van der Waals surface area contributed by atoms with Gasteiger partial charge in [0, 0.05) is 45.4 Å². The van der Waals surface area contributed by atoms with E-state index in [0.29, 0.717) is 69.7 Å². The molecule has 1 aromatic heterocycles. The molecule has 1 aliphatic rings. The van der Waals surface area contributed by atoms with Crippen LogP contribution in [0.4, 0.5) is 4.79 Å². The minimum atomic E-state index is -0.281. The van der Waals surface area contributed by atoms with Gasteiger partial charge < -0.3 is 19.1 Å². The van der Waals surface area contributed by atoms with Crippen LogP contribution in [0.1, 0.15) is 51.7 Å². The van der Waals surface area contributed by atoms with Gasteiger partial charge in [0.25, 0.3) is 0 Å². The van der Waals surface area contributed by atoms with Crippen molar-refractivity contribution in [1.82, 2.24) is 19.9 Å². The molecule has 2 amide bonds. The van der Waals surface area contributed by atoms with Crippen LogP contribution >= 0.6 is 0 Å². The van der Waals surface area contributed by atoms with Gasteiger partial charge in [-0.25, -0.2) is 4.79 Å². The largest absolute Gasteiger partial charge is 0.449 e. The van der Waals surface area contributed by atoms with E-state index in [1.807, 2.05) is 25.7 Å². The van der Waals surface area contributed by atoms with Crippen molar-refractivity contribution in [3.8, 4) is 0 Å². The summed E-state index contributed by atoms with van der Waals surface area (Å²) < 4.78 is 10.4. The number of hydrogen-bond acceptors (Lipinski definition) is 6. The summed E-state index contributed by atoms with van der Waals surface area (Å²) in [6.07, 6.45) is 2.97. The van der Waals surface area contributed by atoms with Gasteiger partial charge in [-0.1, -0.05) is 25.9 Å². The van der Waals surface area contributed by atoms with E-state index in [1.165, 1.54) is 0 Å². The summed E-state index contributed by atoms with van der Waals surface area (Å²) in [7, 11) is 0. The molecule has 0 aliphatic carbocycles. The highest BCUT2D eigenvalue weighted by atomic mass is 16.6. The minimum absolute atomic E-state index is 0.109. The molecule has 1 aromatic rings. The van der Waals surface area contributed by atoms with Crippen LogP contribution in [-0.4, -0.2) is 64.7 Å². The number of carbonyl (C=O) groups is 2. The van der Waals surface area contributed by atoms with Crippen molar-refractivity contribution in [2.75, 3.05) is 32.8 Å². The first-order valence-electron chi connectivity index (χ1n) is 9.50. The molecule has 8 heteroatoms. The number of amides is 2. The summed E-state index contributed by atoms with van der Waals surface area (Å²) in [6, 6.07) is 0. The van der Waals surface area contributed by atoms with Crippen molar-refractivity contribution in [2.45, 2.75) is 52.9 Å². The quantitative estimate of drug-likeness (QED) is 0.735. The first-order valence-corrected chi connectivity index (χ1v) is 9.50. The molecule has 0 radical (unpaired) electrons. The average molecular weight is 366 g/mol. The van der Waals surface area contributed by atoms with E-state index >= 15 is 0 Å². The van der Waals surface area contributed by atoms with Crippen molar-refractivity contribution in [3.05, 3.63) is 11.7 Å². The van der Waals surface area contributed by atoms with Crippen molar-refractivity contribution in [1.29, 1.82) is 0 Å². The molecule has 26 heavy (non-hydrogen) atoms. The van der Waals surface area contributed by atoms with Crippen molar-refractivity contribution < 1.29 is 18.8 Å². The zero-order valence-corrected chi connectivity index (χ0v) is 16.1. The fourth-order valence-electron chi connectivity index (χ4n) is 2.76. The van der Waals surface area contributed by atoms with Gasteiger partial charge in [-0.05, 0) is 18.8 Å². The van der Waals surface area contributed by atoms with Crippen molar-refractivity contribution >= 4 is 12.0 Å². The normalized spacial score (nSPS) is 15.2. The molecule has 2 rings (SSSR count). The number of rotatable bonds is 7. The van der Waals surface area contributed by atoms with Gasteiger partial charge in [-0.2, -0.15) is 4.98 Å². The van der Waals surface area contributed by atoms with Gasteiger partial charge in [0.1, 0.15) is 0 Å². The van der Waals surface area contributed by atoms with E-state index in [-0.39, 0.29) is 12.0 Å². The number of ether oxygens (including phenoxy) is 1. The molecule has 0 aromatic carbocycles. The molecular weight excluding hydrogens is 336 g/mol. The standard InChI is InChI=1S/C18H30N4O4/c1-4-15-19-16(26-20-15)7-5-8-17(23)21-9-6-10-22(12-11-21)18(24)25-13-14(2)3/h14H,4-13H2,1-3H3. The molecule has 146 valence electrons. The van der Waals surface area contributed by atoms with E-state index in [2.05, 4.69) is 10.1 Å². The van der Waals surface area contributed by atoms with E-state index in [1.54, 1.807) is 4.90 Å². The molecule has 0 N–H and O–H groups in total. The highest BCUT2D eigenvalue weighted by molar-refractivity contribution is 5.76. The second-order valence-electron chi connectivity index (χ2n) is 7.00. The Bertz CT molecular complexity index is 588. The monoisotopic (exact) mass is 366 g/mol. The van der Waals surface area contributed by atoms with Crippen LogP contribution in [0.25, 0.3) is 0 Å². The Morgan fingerprint density at radius 3 is 2.62 bits per heavy atom. The number of aryl methyl sites for hydroxylation is 2. The molecule has 1 aliphatic heterocycles. The minimum Gasteiger partial charge on any atom is -0.449 e. The van der Waals surface area contributed by atoms with Crippen LogP contribution in [-0.2, 0) is 22.4 Å². The number of nitrogens with zero attached hydrogens (tertiary/aromatic N) is 4. The van der Waals surface area contributed by atoms with E-state index in [0.717, 1.165) is 12.8 Å². The number of carbonyl (C=O) groups excluding carboxylic acids is 2. The Balaban J connectivity index is 1.71. The average Bonchev–Trinajstić information content (AvgIpc) is 2.93. The predicted molar refractivity (Wildman–Crippen MR) is 95.6 cm³/mol. The summed E-state index contributed by atoms with van der Waals surface area (Å²) >= 11 is 0. The smallest absolute Gasteiger partial charge is 0.409 e. The third kappa shape index (κ3) is 6.31. The van der Waals surface area contributed by atoms with Crippen LogP contribution in [0.5, 0.6) is 0 Å². The summed E-state index contributed by atoms with van der Waals surface area (Å²) in [5.41, 5.74) is 0. The van der Waals surface area contributed by atoms with Crippen molar-refractivity contribution in [3.63, 3.8) is 0 Å². The summed E-state index contributed by atoms with van der Waals surface area (Å²) in [6.45, 7) is 8.78. The van der Waals surface area contributed by atoms with Gasteiger partial charge >= 0.3 is 6.09 Å². The Hall–Kier alpha value is -2.12. The molecule has 1 fully saturated rings. The summed E-state index contributed by atoms with van der Waals surface area (Å²) in [4.78, 5) is 32.3. The second-order valence-corrected chi connectivity index (χ2v) is 7.00. The van der Waals surface area contributed by atoms with Gasteiger partial charge in [-0.3, -0.25) is 4.79 Å². The molecule has 8 nitrogen and oxygen atoms in total. The molecule has 0 unspecified atom stereocenters. The molecule has 0 spiro atoms. The summed E-state index contributed by atoms with van der Waals surface area (Å²) in [5, 5.41) is 3.85. The molecular formula is C18H30N4O4. The lowest BCUT2D eigenvalue weighted by Gasteiger charge is -2.22. The topological polar surface area (TPSA) is 88.8 Å². The van der Waals surface area contributed by atoms with E-state index in [4.69, 9.17) is 9.26 Å². The molecule has 2 heterocycles. The zero-order valence-electron chi connectivity index (χ0n) is 16.1. The predicted octanol–water partition coefficient (Wildman–Crippen LogP) is 2.28. The maximum atomic E-state index is 12.4. The fourth-order valence-corrected chi connectivity index (χ4v) is 2.76. The Morgan fingerprint density at radius 1 is 1.19 bits per heavy atom. The molecule has 0 bridgehead atoms. The van der Waals surface area contributed by atoms with E-state index < -0.39 is 0 Å². The Morgan fingerprint density at radius 2 is 1.92 bits per heavy atom. The van der Waals surface area contributed by atoms with Gasteiger partial charge in [0.15, 0.2) is 5.82 Å². The van der Waals surface area contributed by atoms with Gasteiger partial charge in [0.05, 0.1) is 6.61 Å². The maximum absolute atomic E-state index is 12.4. The molecule has 1 saturated heterocycles. The first-order chi connectivity index (χ1) is 12.5. The lowest BCUT2D eigenvalue weighted by Crippen LogP contribution is -2.37. The lowest BCUT2D eigenvalue weighted by atomic mass is 10.2. The van der Waals surface area contributed by atoms with Crippen LogP contribution in [0.15, 0.2) is 4.52 Å².